The monoisotopic (exact) mass is 262 g/mol. The molecule has 0 radical (unpaired) electrons. The molecule has 0 bridgehead atoms. The number of nitrogens with one attached hydrogen (secondary N) is 1. The minimum Gasteiger partial charge on any atom is -0.351 e. The molecule has 1 aromatic rings. The first-order valence-electron chi connectivity index (χ1n) is 3.95. The van der Waals surface area contributed by atoms with E-state index >= 15 is 0 Å². The summed E-state index contributed by atoms with van der Waals surface area (Å²) < 4.78 is 0. The number of thiazole rings is 1. The molecular weight excluding hydrogens is 252 g/mol. The quantitative estimate of drug-likeness (QED) is 0.842. The minimum absolute atomic E-state index is 0.0738. The Balaban J connectivity index is 2.35. The van der Waals surface area contributed by atoms with Gasteiger partial charge in [-0.2, -0.15) is 0 Å². The zero-order valence-corrected chi connectivity index (χ0v) is 9.74. The molecule has 0 aliphatic carbocycles. The second-order valence-electron chi connectivity index (χ2n) is 2.58. The molecule has 0 unspecified atom stereocenters. The predicted octanol–water partition coefficient (Wildman–Crippen LogP) is 1.85. The summed E-state index contributed by atoms with van der Waals surface area (Å²) in [6.45, 7) is 2.55. The van der Waals surface area contributed by atoms with Crippen LogP contribution in [0.4, 0.5) is 0 Å². The summed E-state index contributed by atoms with van der Waals surface area (Å²) in [5.41, 5.74) is 2.80. The molecule has 1 amide bonds. The highest BCUT2D eigenvalue weighted by atomic mass is 79.9. The maximum atomic E-state index is 11.1. The molecule has 5 heteroatoms. The molecule has 1 N–H and O–H groups in total. The van der Waals surface area contributed by atoms with Crippen LogP contribution in [0.2, 0.25) is 0 Å². The molecule has 1 aromatic heterocycles. The third-order valence-corrected chi connectivity index (χ3v) is 2.94. The predicted molar refractivity (Wildman–Crippen MR) is 57.1 cm³/mol. The molecule has 0 saturated carbocycles. The van der Waals surface area contributed by atoms with Crippen LogP contribution in [0, 0.1) is 6.92 Å². The zero-order valence-electron chi connectivity index (χ0n) is 7.34. The van der Waals surface area contributed by atoms with Crippen LogP contribution < -0.4 is 5.32 Å². The summed E-state index contributed by atoms with van der Waals surface area (Å²) in [6, 6.07) is 0. The average molecular weight is 263 g/mol. The maximum absolute atomic E-state index is 11.1. The molecule has 1 heterocycles. The van der Waals surface area contributed by atoms with Gasteiger partial charge in [0.25, 0.3) is 0 Å². The van der Waals surface area contributed by atoms with Gasteiger partial charge in [0.05, 0.1) is 17.7 Å². The molecule has 3 nitrogen and oxygen atoms in total. The molecule has 0 aliphatic rings. The van der Waals surface area contributed by atoms with Gasteiger partial charge < -0.3 is 5.32 Å². The lowest BCUT2D eigenvalue weighted by Gasteiger charge is -2.01. The van der Waals surface area contributed by atoms with Crippen LogP contribution in [-0.4, -0.2) is 16.2 Å². The third kappa shape index (κ3) is 3.44. The van der Waals surface area contributed by atoms with Gasteiger partial charge in [-0.15, -0.1) is 11.3 Å². The van der Waals surface area contributed by atoms with Gasteiger partial charge in [-0.05, 0) is 6.92 Å². The fourth-order valence-electron chi connectivity index (χ4n) is 0.849. The Morgan fingerprint density at radius 2 is 2.54 bits per heavy atom. The number of rotatable bonds is 4. The Morgan fingerprint density at radius 1 is 1.77 bits per heavy atom. The van der Waals surface area contributed by atoms with Crippen LogP contribution in [0.5, 0.6) is 0 Å². The molecule has 0 aromatic carbocycles. The van der Waals surface area contributed by atoms with Crippen LogP contribution in [0.25, 0.3) is 0 Å². The number of nitrogens with zero attached hydrogens (tertiary/aromatic N) is 1. The van der Waals surface area contributed by atoms with Crippen molar-refractivity contribution >= 4 is 33.2 Å². The average Bonchev–Trinajstić information content (AvgIpc) is 2.48. The summed E-state index contributed by atoms with van der Waals surface area (Å²) in [6.07, 6.45) is 0.526. The molecular formula is C8H11BrN2OS. The van der Waals surface area contributed by atoms with Crippen LogP contribution in [0.3, 0.4) is 0 Å². The topological polar surface area (TPSA) is 42.0 Å². The number of carbonyl (C=O) groups is 1. The molecule has 0 atom stereocenters. The van der Waals surface area contributed by atoms with E-state index in [2.05, 4.69) is 26.2 Å². The van der Waals surface area contributed by atoms with Crippen molar-refractivity contribution in [3.8, 4) is 0 Å². The lowest BCUT2D eigenvalue weighted by atomic mass is 10.4. The van der Waals surface area contributed by atoms with Crippen molar-refractivity contribution in [2.24, 2.45) is 0 Å². The fourth-order valence-corrected chi connectivity index (χ4v) is 1.93. The largest absolute Gasteiger partial charge is 0.351 e. The standard InChI is InChI=1S/C8H11BrN2OS/c1-6-7(13-5-11-6)4-10-8(12)2-3-9/h5H,2-4H2,1H3,(H,10,12). The summed E-state index contributed by atoms with van der Waals surface area (Å²) >= 11 is 4.78. The van der Waals surface area contributed by atoms with Crippen molar-refractivity contribution in [3.05, 3.63) is 16.1 Å². The summed E-state index contributed by atoms with van der Waals surface area (Å²) in [5.74, 6) is 0.0738. The number of halogens is 1. The van der Waals surface area contributed by atoms with Gasteiger partial charge in [0, 0.05) is 16.6 Å². The molecule has 13 heavy (non-hydrogen) atoms. The maximum Gasteiger partial charge on any atom is 0.221 e. The van der Waals surface area contributed by atoms with E-state index in [4.69, 9.17) is 0 Å². The Morgan fingerprint density at radius 3 is 3.08 bits per heavy atom. The lowest BCUT2D eigenvalue weighted by Crippen LogP contribution is -2.22. The number of aromatic nitrogens is 1. The van der Waals surface area contributed by atoms with E-state index in [0.29, 0.717) is 18.3 Å². The van der Waals surface area contributed by atoms with Gasteiger partial charge in [0.15, 0.2) is 0 Å². The van der Waals surface area contributed by atoms with Crippen LogP contribution in [0.15, 0.2) is 5.51 Å². The highest BCUT2D eigenvalue weighted by Crippen LogP contribution is 2.11. The second-order valence-corrected chi connectivity index (χ2v) is 4.31. The number of amides is 1. The van der Waals surface area contributed by atoms with Gasteiger partial charge in [-0.3, -0.25) is 4.79 Å². The fraction of sp³-hybridized carbons (Fsp3) is 0.500. The van der Waals surface area contributed by atoms with E-state index in [9.17, 15) is 4.79 Å². The van der Waals surface area contributed by atoms with E-state index < -0.39 is 0 Å². The Bertz CT molecular complexity index is 287. The normalized spacial score (nSPS) is 10.0. The minimum atomic E-state index is 0.0738. The van der Waals surface area contributed by atoms with Crippen molar-refractivity contribution < 1.29 is 4.79 Å². The summed E-state index contributed by atoms with van der Waals surface area (Å²) in [5, 5.41) is 3.54. The third-order valence-electron chi connectivity index (χ3n) is 1.61. The molecule has 0 saturated heterocycles. The molecule has 72 valence electrons. The number of hydrogen-bond donors (Lipinski definition) is 1. The van der Waals surface area contributed by atoms with Crippen LogP contribution in [0.1, 0.15) is 17.0 Å². The van der Waals surface area contributed by atoms with Crippen molar-refractivity contribution in [1.82, 2.24) is 10.3 Å². The summed E-state index contributed by atoms with van der Waals surface area (Å²) in [4.78, 5) is 16.3. The van der Waals surface area contributed by atoms with Crippen molar-refractivity contribution in [2.45, 2.75) is 19.9 Å². The first-order valence-corrected chi connectivity index (χ1v) is 5.95. The van der Waals surface area contributed by atoms with Crippen LogP contribution in [-0.2, 0) is 11.3 Å². The van der Waals surface area contributed by atoms with Gasteiger partial charge in [-0.25, -0.2) is 4.98 Å². The zero-order chi connectivity index (χ0) is 9.68. The number of aryl methyl sites for hydroxylation is 1. The second kappa shape index (κ2) is 5.34. The molecule has 0 spiro atoms. The molecule has 0 fully saturated rings. The highest BCUT2D eigenvalue weighted by Gasteiger charge is 2.03. The molecule has 1 rings (SSSR count). The lowest BCUT2D eigenvalue weighted by molar-refractivity contribution is -0.120. The first-order chi connectivity index (χ1) is 6.24. The Hall–Kier alpha value is -0.420. The van der Waals surface area contributed by atoms with Gasteiger partial charge in [0.2, 0.25) is 5.91 Å². The Labute approximate surface area is 89.7 Å². The van der Waals surface area contributed by atoms with Crippen molar-refractivity contribution in [3.63, 3.8) is 0 Å². The molecule has 0 aliphatic heterocycles. The number of hydrogen-bond acceptors (Lipinski definition) is 3. The summed E-state index contributed by atoms with van der Waals surface area (Å²) in [7, 11) is 0. The van der Waals surface area contributed by atoms with Crippen molar-refractivity contribution in [2.75, 3.05) is 5.33 Å². The number of alkyl halides is 1. The number of carbonyl (C=O) groups excluding carboxylic acids is 1. The smallest absolute Gasteiger partial charge is 0.221 e. The van der Waals surface area contributed by atoms with Crippen LogP contribution >= 0.6 is 27.3 Å². The van der Waals surface area contributed by atoms with Gasteiger partial charge in [-0.1, -0.05) is 15.9 Å². The Kier molecular flexibility index (Phi) is 4.38. The van der Waals surface area contributed by atoms with E-state index in [1.807, 2.05) is 6.92 Å². The highest BCUT2D eigenvalue weighted by molar-refractivity contribution is 9.09. The first kappa shape index (κ1) is 10.7. The SMILES string of the molecule is Cc1ncsc1CNC(=O)CCBr. The van der Waals surface area contributed by atoms with E-state index in [1.54, 1.807) is 16.8 Å². The van der Waals surface area contributed by atoms with Crippen molar-refractivity contribution in [1.29, 1.82) is 0 Å². The van der Waals surface area contributed by atoms with E-state index in [1.165, 1.54) is 0 Å². The van der Waals surface area contributed by atoms with Gasteiger partial charge >= 0.3 is 0 Å². The van der Waals surface area contributed by atoms with E-state index in [0.717, 1.165) is 10.6 Å². The van der Waals surface area contributed by atoms with Gasteiger partial charge in [0.1, 0.15) is 0 Å². The van der Waals surface area contributed by atoms with E-state index in [-0.39, 0.29) is 5.91 Å².